The quantitative estimate of drug-likeness (QED) is 0.172. The lowest BCUT2D eigenvalue weighted by Gasteiger charge is -2.26. The minimum atomic E-state index is -1.24. The smallest absolute Gasteiger partial charge is 0.326 e. The van der Waals surface area contributed by atoms with Gasteiger partial charge in [-0.15, -0.1) is 0 Å². The maximum atomic E-state index is 13.3. The molecule has 5 atom stereocenters. The lowest BCUT2D eigenvalue weighted by atomic mass is 9.98. The Morgan fingerprint density at radius 3 is 2.17 bits per heavy atom. The van der Waals surface area contributed by atoms with Crippen molar-refractivity contribution >= 4 is 23.7 Å². The van der Waals surface area contributed by atoms with Gasteiger partial charge >= 0.3 is 5.97 Å². The first kappa shape index (κ1) is 28.5. The van der Waals surface area contributed by atoms with E-state index in [-0.39, 0.29) is 18.8 Å². The topological polar surface area (TPSA) is 200 Å². The summed E-state index contributed by atoms with van der Waals surface area (Å²) in [6, 6.07) is 4.27. The summed E-state index contributed by atoms with van der Waals surface area (Å²) in [5.74, 6) is -3.62. The van der Waals surface area contributed by atoms with Crippen LogP contribution in [0.1, 0.15) is 31.5 Å². The Hall–Kier alpha value is -3.77. The number of aliphatic carboxylic acids is 1. The number of nitrogens with zero attached hydrogens (tertiary/aromatic N) is 1. The monoisotopic (exact) mass is 502 g/mol. The number of H-pyrrole nitrogens is 1. The van der Waals surface area contributed by atoms with Crippen LogP contribution in [-0.4, -0.2) is 74.6 Å². The Morgan fingerprint density at radius 1 is 1.00 bits per heavy atom. The van der Waals surface area contributed by atoms with E-state index in [1.54, 1.807) is 37.3 Å². The van der Waals surface area contributed by atoms with E-state index in [2.05, 4.69) is 25.9 Å². The van der Waals surface area contributed by atoms with Crippen LogP contribution in [-0.2, 0) is 32.0 Å². The molecular formula is C24H34N6O6. The largest absolute Gasteiger partial charge is 0.480 e. The van der Waals surface area contributed by atoms with Crippen molar-refractivity contribution < 1.29 is 29.4 Å². The Balaban J connectivity index is 2.28. The van der Waals surface area contributed by atoms with E-state index in [4.69, 9.17) is 5.73 Å². The van der Waals surface area contributed by atoms with E-state index in [9.17, 15) is 29.4 Å². The van der Waals surface area contributed by atoms with Crippen LogP contribution < -0.4 is 21.7 Å². The van der Waals surface area contributed by atoms with E-state index in [1.165, 1.54) is 12.5 Å². The van der Waals surface area contributed by atoms with Crippen molar-refractivity contribution in [1.82, 2.24) is 25.9 Å². The molecule has 0 spiro atoms. The number of nitrogens with one attached hydrogen (secondary N) is 4. The number of nitrogens with two attached hydrogens (primary N) is 1. The maximum Gasteiger partial charge on any atom is 0.326 e. The third-order valence-electron chi connectivity index (χ3n) is 5.84. The van der Waals surface area contributed by atoms with Gasteiger partial charge in [-0.25, -0.2) is 9.78 Å². The van der Waals surface area contributed by atoms with E-state index in [1.807, 2.05) is 6.92 Å². The number of carboxylic acids is 1. The summed E-state index contributed by atoms with van der Waals surface area (Å²) in [5.41, 5.74) is 6.86. The molecule has 0 aliphatic carbocycles. The SMILES string of the molecule is CCC(C)C(NC(=O)C(Cc1ccccc1)NC(=O)C(Cc1cnc[nH]1)NC(=O)C(N)CO)C(=O)O. The van der Waals surface area contributed by atoms with Crippen molar-refractivity contribution in [2.75, 3.05) is 6.61 Å². The van der Waals surface area contributed by atoms with Crippen molar-refractivity contribution in [3.05, 3.63) is 54.1 Å². The van der Waals surface area contributed by atoms with Crippen LogP contribution in [0, 0.1) is 5.92 Å². The van der Waals surface area contributed by atoms with Gasteiger partial charge < -0.3 is 36.9 Å². The number of aromatic nitrogens is 2. The summed E-state index contributed by atoms with van der Waals surface area (Å²) >= 11 is 0. The predicted molar refractivity (Wildman–Crippen MR) is 130 cm³/mol. The molecule has 0 saturated heterocycles. The van der Waals surface area contributed by atoms with Crippen LogP contribution in [0.4, 0.5) is 0 Å². The van der Waals surface area contributed by atoms with E-state index >= 15 is 0 Å². The predicted octanol–water partition coefficient (Wildman–Crippen LogP) is -0.900. The van der Waals surface area contributed by atoms with E-state index < -0.39 is 54.5 Å². The number of imidazole rings is 1. The molecule has 12 heteroatoms. The molecule has 1 heterocycles. The summed E-state index contributed by atoms with van der Waals surface area (Å²) in [6.45, 7) is 2.91. The first-order chi connectivity index (χ1) is 17.2. The molecule has 8 N–H and O–H groups in total. The number of aliphatic hydroxyl groups is 1. The third-order valence-corrected chi connectivity index (χ3v) is 5.84. The molecule has 0 radical (unpaired) electrons. The summed E-state index contributed by atoms with van der Waals surface area (Å²) in [6.07, 6.45) is 3.52. The zero-order chi connectivity index (χ0) is 26.7. The van der Waals surface area contributed by atoms with Crippen LogP contribution >= 0.6 is 0 Å². The van der Waals surface area contributed by atoms with Crippen LogP contribution in [0.3, 0.4) is 0 Å². The molecule has 3 amide bonds. The van der Waals surface area contributed by atoms with Crippen LogP contribution in [0.2, 0.25) is 0 Å². The molecule has 1 aromatic carbocycles. The van der Waals surface area contributed by atoms with Crippen LogP contribution in [0.15, 0.2) is 42.9 Å². The van der Waals surface area contributed by atoms with Gasteiger partial charge in [0, 0.05) is 24.7 Å². The molecule has 196 valence electrons. The van der Waals surface area contributed by atoms with E-state index in [0.29, 0.717) is 12.1 Å². The first-order valence-corrected chi connectivity index (χ1v) is 11.7. The minimum Gasteiger partial charge on any atom is -0.480 e. The molecule has 12 nitrogen and oxygen atoms in total. The number of benzene rings is 1. The number of carbonyl (C=O) groups excluding carboxylic acids is 3. The highest BCUT2D eigenvalue weighted by Crippen LogP contribution is 2.10. The van der Waals surface area contributed by atoms with Crippen molar-refractivity contribution in [3.63, 3.8) is 0 Å². The molecule has 0 bridgehead atoms. The normalized spacial score (nSPS) is 15.1. The van der Waals surface area contributed by atoms with Gasteiger partial charge in [0.15, 0.2) is 0 Å². The third kappa shape index (κ3) is 8.47. The number of aliphatic hydroxyl groups excluding tert-OH is 1. The van der Waals surface area contributed by atoms with Gasteiger partial charge in [0.05, 0.1) is 12.9 Å². The lowest BCUT2D eigenvalue weighted by Crippen LogP contribution is -2.59. The van der Waals surface area contributed by atoms with Gasteiger partial charge in [0.2, 0.25) is 17.7 Å². The fraction of sp³-hybridized carbons (Fsp3) is 0.458. The zero-order valence-corrected chi connectivity index (χ0v) is 20.3. The molecule has 0 aliphatic rings. The Morgan fingerprint density at radius 2 is 1.61 bits per heavy atom. The van der Waals surface area contributed by atoms with Crippen LogP contribution in [0.25, 0.3) is 0 Å². The van der Waals surface area contributed by atoms with E-state index in [0.717, 1.165) is 5.56 Å². The highest BCUT2D eigenvalue weighted by atomic mass is 16.4. The number of carbonyl (C=O) groups is 4. The molecule has 1 aromatic heterocycles. The number of aromatic amines is 1. The Labute approximate surface area is 209 Å². The van der Waals surface area contributed by atoms with Crippen molar-refractivity contribution in [1.29, 1.82) is 0 Å². The summed E-state index contributed by atoms with van der Waals surface area (Å²) in [7, 11) is 0. The number of hydrogen-bond acceptors (Lipinski definition) is 7. The molecule has 0 fully saturated rings. The van der Waals surface area contributed by atoms with Crippen molar-refractivity contribution in [2.24, 2.45) is 11.7 Å². The molecule has 2 aromatic rings. The average Bonchev–Trinajstić information content (AvgIpc) is 3.38. The van der Waals surface area contributed by atoms with Gasteiger partial charge in [-0.1, -0.05) is 50.6 Å². The fourth-order valence-electron chi connectivity index (χ4n) is 3.46. The average molecular weight is 503 g/mol. The molecule has 0 aliphatic heterocycles. The van der Waals surface area contributed by atoms with Gasteiger partial charge in [0.1, 0.15) is 24.2 Å². The number of amides is 3. The Kier molecular flexibility index (Phi) is 11.0. The standard InChI is InChI=1S/C24H34N6O6/c1-3-14(2)20(24(35)36)30-23(34)18(9-15-7-5-4-6-8-15)29-22(33)19(10-16-11-26-13-27-16)28-21(32)17(25)12-31/h4-8,11,13-14,17-20,31H,3,9-10,12,25H2,1-2H3,(H,26,27)(H,28,32)(H,29,33)(H,30,34)(H,35,36). The maximum absolute atomic E-state index is 13.3. The minimum absolute atomic E-state index is 0.0139. The van der Waals surface area contributed by atoms with Crippen LogP contribution in [0.5, 0.6) is 0 Å². The van der Waals surface area contributed by atoms with Gasteiger partial charge in [-0.05, 0) is 11.5 Å². The Bertz CT molecular complexity index is 1000. The summed E-state index contributed by atoms with van der Waals surface area (Å²) in [4.78, 5) is 57.3. The second-order valence-corrected chi connectivity index (χ2v) is 8.59. The molecule has 36 heavy (non-hydrogen) atoms. The number of rotatable bonds is 14. The summed E-state index contributed by atoms with van der Waals surface area (Å²) < 4.78 is 0. The highest BCUT2D eigenvalue weighted by Gasteiger charge is 2.32. The molecule has 5 unspecified atom stereocenters. The van der Waals surface area contributed by atoms with Crippen molar-refractivity contribution in [3.8, 4) is 0 Å². The lowest BCUT2D eigenvalue weighted by molar-refractivity contribution is -0.143. The number of carboxylic acid groups (broad SMARTS) is 1. The summed E-state index contributed by atoms with van der Waals surface area (Å²) in [5, 5.41) is 26.4. The first-order valence-electron chi connectivity index (χ1n) is 11.7. The number of hydrogen-bond donors (Lipinski definition) is 7. The zero-order valence-electron chi connectivity index (χ0n) is 20.3. The van der Waals surface area contributed by atoms with Gasteiger partial charge in [0.25, 0.3) is 0 Å². The van der Waals surface area contributed by atoms with Gasteiger partial charge in [-0.2, -0.15) is 0 Å². The second-order valence-electron chi connectivity index (χ2n) is 8.59. The fourth-order valence-corrected chi connectivity index (χ4v) is 3.46. The second kappa shape index (κ2) is 14.0. The molecule has 0 saturated carbocycles. The molecule has 2 rings (SSSR count). The molecular weight excluding hydrogens is 468 g/mol. The van der Waals surface area contributed by atoms with Gasteiger partial charge in [-0.3, -0.25) is 14.4 Å². The highest BCUT2D eigenvalue weighted by molar-refractivity contribution is 5.94. The van der Waals surface area contributed by atoms with Crippen molar-refractivity contribution in [2.45, 2.75) is 57.3 Å².